The lowest BCUT2D eigenvalue weighted by atomic mass is 10.2. The van der Waals surface area contributed by atoms with Gasteiger partial charge in [0.2, 0.25) is 0 Å². The summed E-state index contributed by atoms with van der Waals surface area (Å²) in [6.45, 7) is 7.07. The van der Waals surface area contributed by atoms with Crippen LogP contribution in [0.5, 0.6) is 11.5 Å². The van der Waals surface area contributed by atoms with Crippen LogP contribution in [0.1, 0.15) is 31.1 Å². The first-order chi connectivity index (χ1) is 15.8. The van der Waals surface area contributed by atoms with Gasteiger partial charge in [-0.3, -0.25) is 9.52 Å². The average Bonchev–Trinajstić information content (AvgIpc) is 2.79. The van der Waals surface area contributed by atoms with E-state index in [1.54, 1.807) is 60.7 Å². The van der Waals surface area contributed by atoms with Gasteiger partial charge in [0.1, 0.15) is 11.5 Å². The molecule has 174 valence electrons. The fraction of sp³-hybridized carbons (Fsp3) is 0.240. The third kappa shape index (κ3) is 6.98. The van der Waals surface area contributed by atoms with E-state index in [1.807, 2.05) is 20.8 Å². The largest absolute Gasteiger partial charge is 0.494 e. The lowest BCUT2D eigenvalue weighted by Crippen LogP contribution is -2.14. The van der Waals surface area contributed by atoms with E-state index in [1.165, 1.54) is 12.1 Å². The molecule has 0 bridgehead atoms. The number of nitrogens with one attached hydrogen (secondary N) is 2. The van der Waals surface area contributed by atoms with Crippen molar-refractivity contribution < 1.29 is 22.7 Å². The van der Waals surface area contributed by atoms with Gasteiger partial charge in [-0.15, -0.1) is 0 Å². The molecule has 8 heteroatoms. The van der Waals surface area contributed by atoms with E-state index < -0.39 is 10.0 Å². The monoisotopic (exact) mass is 468 g/mol. The van der Waals surface area contributed by atoms with Crippen LogP contribution in [0.3, 0.4) is 0 Å². The predicted molar refractivity (Wildman–Crippen MR) is 130 cm³/mol. The Morgan fingerprint density at radius 2 is 1.55 bits per heavy atom. The van der Waals surface area contributed by atoms with Gasteiger partial charge < -0.3 is 14.8 Å². The number of carbonyl (C=O) groups excluding carboxylic acids is 1. The fourth-order valence-electron chi connectivity index (χ4n) is 2.91. The van der Waals surface area contributed by atoms with Crippen molar-refractivity contribution in [1.29, 1.82) is 0 Å². The first-order valence-corrected chi connectivity index (χ1v) is 12.1. The molecule has 0 radical (unpaired) electrons. The number of sulfonamides is 1. The van der Waals surface area contributed by atoms with E-state index in [0.717, 1.165) is 0 Å². The van der Waals surface area contributed by atoms with E-state index in [9.17, 15) is 13.2 Å². The molecule has 7 nitrogen and oxygen atoms in total. The van der Waals surface area contributed by atoms with Crippen molar-refractivity contribution in [3.05, 3.63) is 78.4 Å². The van der Waals surface area contributed by atoms with E-state index in [-0.39, 0.29) is 10.8 Å². The van der Waals surface area contributed by atoms with Gasteiger partial charge in [-0.05, 0) is 79.6 Å². The molecular formula is C25H28N2O5S. The number of carbonyl (C=O) groups is 1. The smallest absolute Gasteiger partial charge is 0.261 e. The number of hydrogen-bond donors (Lipinski definition) is 2. The van der Waals surface area contributed by atoms with Crippen LogP contribution in [0.2, 0.25) is 0 Å². The Balaban J connectivity index is 1.64. The van der Waals surface area contributed by atoms with Gasteiger partial charge in [-0.2, -0.15) is 0 Å². The van der Waals surface area contributed by atoms with Crippen molar-refractivity contribution in [2.24, 2.45) is 5.92 Å². The van der Waals surface area contributed by atoms with Crippen LogP contribution < -0.4 is 19.5 Å². The molecule has 3 rings (SSSR count). The van der Waals surface area contributed by atoms with Crippen molar-refractivity contribution in [1.82, 2.24) is 0 Å². The number of anilines is 2. The van der Waals surface area contributed by atoms with E-state index in [4.69, 9.17) is 9.47 Å². The third-order valence-electron chi connectivity index (χ3n) is 4.52. The number of amides is 1. The Bertz CT molecular complexity index is 1170. The third-order valence-corrected chi connectivity index (χ3v) is 5.92. The summed E-state index contributed by atoms with van der Waals surface area (Å²) in [5, 5.41) is 2.77. The molecule has 0 aromatic heterocycles. The van der Waals surface area contributed by atoms with Crippen molar-refractivity contribution in [3.63, 3.8) is 0 Å². The molecule has 2 N–H and O–H groups in total. The summed E-state index contributed by atoms with van der Waals surface area (Å²) in [5.74, 6) is 1.35. The molecule has 0 saturated carbocycles. The van der Waals surface area contributed by atoms with E-state index in [2.05, 4.69) is 10.0 Å². The summed E-state index contributed by atoms with van der Waals surface area (Å²) < 4.78 is 38.9. The molecule has 33 heavy (non-hydrogen) atoms. The number of rotatable bonds is 10. The number of hydrogen-bond acceptors (Lipinski definition) is 5. The first-order valence-electron chi connectivity index (χ1n) is 10.7. The van der Waals surface area contributed by atoms with Crippen LogP contribution in [0.25, 0.3) is 0 Å². The van der Waals surface area contributed by atoms with Crippen LogP contribution in [-0.2, 0) is 10.0 Å². The molecule has 0 saturated heterocycles. The molecule has 0 aliphatic carbocycles. The summed E-state index contributed by atoms with van der Waals surface area (Å²) in [4.78, 5) is 12.7. The average molecular weight is 469 g/mol. The Morgan fingerprint density at radius 1 is 0.879 bits per heavy atom. The zero-order valence-corrected chi connectivity index (χ0v) is 19.7. The standard InChI is InChI=1S/C25H28N2O5S/c1-4-31-22-12-8-21(9-13-22)27-33(29,30)24-14-10-20(11-15-24)26-25(28)19-6-5-7-23(16-19)32-17-18(2)3/h5-16,18,27H,4,17H2,1-3H3,(H,26,28). The van der Waals surface area contributed by atoms with Crippen LogP contribution in [0.15, 0.2) is 77.7 Å². The SMILES string of the molecule is CCOc1ccc(NS(=O)(=O)c2ccc(NC(=O)c3cccc(OCC(C)C)c3)cc2)cc1. The van der Waals surface area contributed by atoms with Crippen molar-refractivity contribution in [2.45, 2.75) is 25.7 Å². The molecular weight excluding hydrogens is 440 g/mol. The lowest BCUT2D eigenvalue weighted by Gasteiger charge is -2.11. The normalized spacial score (nSPS) is 11.2. The molecule has 3 aromatic rings. The summed E-state index contributed by atoms with van der Waals surface area (Å²) >= 11 is 0. The van der Waals surface area contributed by atoms with Gasteiger partial charge in [0.25, 0.3) is 15.9 Å². The topological polar surface area (TPSA) is 93.7 Å². The Kier molecular flexibility index (Phi) is 7.95. The molecule has 1 amide bonds. The van der Waals surface area contributed by atoms with Gasteiger partial charge in [-0.1, -0.05) is 19.9 Å². The highest BCUT2D eigenvalue weighted by molar-refractivity contribution is 7.92. The van der Waals surface area contributed by atoms with Crippen molar-refractivity contribution >= 4 is 27.3 Å². The van der Waals surface area contributed by atoms with Gasteiger partial charge >= 0.3 is 0 Å². The highest BCUT2D eigenvalue weighted by Crippen LogP contribution is 2.21. The molecule has 0 atom stereocenters. The van der Waals surface area contributed by atoms with E-state index >= 15 is 0 Å². The number of benzene rings is 3. The Hall–Kier alpha value is -3.52. The highest BCUT2D eigenvalue weighted by Gasteiger charge is 2.15. The molecule has 0 aliphatic rings. The lowest BCUT2D eigenvalue weighted by molar-refractivity contribution is 0.102. The minimum atomic E-state index is -3.77. The molecule has 0 unspecified atom stereocenters. The van der Waals surface area contributed by atoms with Crippen LogP contribution in [0.4, 0.5) is 11.4 Å². The maximum absolute atomic E-state index is 12.7. The second-order valence-electron chi connectivity index (χ2n) is 7.77. The number of ether oxygens (including phenoxy) is 2. The summed E-state index contributed by atoms with van der Waals surface area (Å²) in [6.07, 6.45) is 0. The quantitative estimate of drug-likeness (QED) is 0.428. The van der Waals surface area contributed by atoms with Crippen LogP contribution in [-0.4, -0.2) is 27.5 Å². The maximum atomic E-state index is 12.7. The van der Waals surface area contributed by atoms with Crippen molar-refractivity contribution in [2.75, 3.05) is 23.3 Å². The fourth-order valence-corrected chi connectivity index (χ4v) is 3.97. The second-order valence-corrected chi connectivity index (χ2v) is 9.46. The maximum Gasteiger partial charge on any atom is 0.261 e. The van der Waals surface area contributed by atoms with Gasteiger partial charge in [0.15, 0.2) is 0 Å². The van der Waals surface area contributed by atoms with Crippen LogP contribution >= 0.6 is 0 Å². The van der Waals surface area contributed by atoms with Gasteiger partial charge in [0, 0.05) is 16.9 Å². The minimum absolute atomic E-state index is 0.0819. The first kappa shape index (κ1) is 24.1. The Morgan fingerprint density at radius 3 is 2.18 bits per heavy atom. The molecule has 0 spiro atoms. The highest BCUT2D eigenvalue weighted by atomic mass is 32.2. The van der Waals surface area contributed by atoms with Gasteiger partial charge in [0.05, 0.1) is 18.1 Å². The van der Waals surface area contributed by atoms with Crippen molar-refractivity contribution in [3.8, 4) is 11.5 Å². The molecule has 0 heterocycles. The predicted octanol–water partition coefficient (Wildman–Crippen LogP) is 5.17. The Labute approximate surface area is 194 Å². The van der Waals surface area contributed by atoms with Gasteiger partial charge in [-0.25, -0.2) is 8.42 Å². The minimum Gasteiger partial charge on any atom is -0.494 e. The summed E-state index contributed by atoms with van der Waals surface area (Å²) in [5.41, 5.74) is 1.36. The molecule has 0 fully saturated rings. The zero-order chi connectivity index (χ0) is 23.8. The molecule has 0 aliphatic heterocycles. The zero-order valence-electron chi connectivity index (χ0n) is 18.9. The molecule has 3 aromatic carbocycles. The van der Waals surface area contributed by atoms with Crippen LogP contribution in [0, 0.1) is 5.92 Å². The van der Waals surface area contributed by atoms with E-state index in [0.29, 0.717) is 47.6 Å². The summed E-state index contributed by atoms with van der Waals surface area (Å²) in [7, 11) is -3.77. The summed E-state index contributed by atoms with van der Waals surface area (Å²) in [6, 6.07) is 19.6. The second kappa shape index (κ2) is 10.9.